The van der Waals surface area contributed by atoms with Crippen LogP contribution in [0.25, 0.3) is 0 Å². The van der Waals surface area contributed by atoms with E-state index in [1.165, 1.54) is 0 Å². The Bertz CT molecular complexity index is 205. The molecule has 0 unspecified atom stereocenters. The lowest BCUT2D eigenvalue weighted by Crippen LogP contribution is -2.50. The van der Waals surface area contributed by atoms with Crippen molar-refractivity contribution in [3.05, 3.63) is 0 Å². The molecule has 1 rings (SSSR count). The van der Waals surface area contributed by atoms with Gasteiger partial charge in [0.2, 0.25) is 0 Å². The van der Waals surface area contributed by atoms with Crippen LogP contribution < -0.4 is 5.32 Å². The Morgan fingerprint density at radius 3 is 2.36 bits per heavy atom. The molecule has 0 atom stereocenters. The van der Waals surface area contributed by atoms with Gasteiger partial charge >= 0.3 is 0 Å². The van der Waals surface area contributed by atoms with Gasteiger partial charge in [0.15, 0.2) is 0 Å². The maximum Gasteiger partial charge on any atom is 0.252 e. The fraction of sp³-hybridized carbons (Fsp3) is 0.909. The van der Waals surface area contributed by atoms with E-state index in [1.807, 2.05) is 13.8 Å². The third-order valence-corrected chi connectivity index (χ3v) is 2.94. The SMILES string of the molecule is CC1CCC(O)(C(=O)NC(C)C)CC1. The predicted octanol–water partition coefficient (Wildman–Crippen LogP) is 1.45. The van der Waals surface area contributed by atoms with E-state index in [1.54, 1.807) is 0 Å². The van der Waals surface area contributed by atoms with E-state index >= 15 is 0 Å². The summed E-state index contributed by atoms with van der Waals surface area (Å²) in [6.07, 6.45) is 3.10. The van der Waals surface area contributed by atoms with Gasteiger partial charge in [0.05, 0.1) is 0 Å². The Hall–Kier alpha value is -0.570. The number of hydrogen-bond acceptors (Lipinski definition) is 2. The summed E-state index contributed by atoms with van der Waals surface area (Å²) in [4.78, 5) is 11.7. The number of carbonyl (C=O) groups is 1. The largest absolute Gasteiger partial charge is 0.380 e. The molecular weight excluding hydrogens is 178 g/mol. The van der Waals surface area contributed by atoms with Crippen molar-refractivity contribution in [3.8, 4) is 0 Å². The highest BCUT2D eigenvalue weighted by Gasteiger charge is 2.38. The van der Waals surface area contributed by atoms with Gasteiger partial charge in [-0.05, 0) is 45.4 Å². The zero-order chi connectivity index (χ0) is 10.8. The molecule has 0 spiro atoms. The zero-order valence-corrected chi connectivity index (χ0v) is 9.34. The molecule has 2 N–H and O–H groups in total. The van der Waals surface area contributed by atoms with Crippen molar-refractivity contribution in [1.82, 2.24) is 5.32 Å². The van der Waals surface area contributed by atoms with Crippen LogP contribution in [0, 0.1) is 5.92 Å². The average Bonchev–Trinajstić information content (AvgIpc) is 2.09. The molecule has 1 aliphatic rings. The van der Waals surface area contributed by atoms with Crippen molar-refractivity contribution in [1.29, 1.82) is 0 Å². The molecule has 0 aromatic carbocycles. The molecule has 0 heterocycles. The van der Waals surface area contributed by atoms with Gasteiger partial charge in [-0.2, -0.15) is 0 Å². The topological polar surface area (TPSA) is 49.3 Å². The second-order valence-corrected chi connectivity index (χ2v) is 4.84. The summed E-state index contributed by atoms with van der Waals surface area (Å²) in [7, 11) is 0. The number of aliphatic hydroxyl groups is 1. The van der Waals surface area contributed by atoms with Gasteiger partial charge in [0, 0.05) is 6.04 Å². The molecule has 1 aliphatic carbocycles. The Morgan fingerprint density at radius 2 is 1.93 bits per heavy atom. The van der Waals surface area contributed by atoms with E-state index in [0.29, 0.717) is 18.8 Å². The van der Waals surface area contributed by atoms with Crippen LogP contribution in [0.5, 0.6) is 0 Å². The third-order valence-electron chi connectivity index (χ3n) is 2.94. The van der Waals surface area contributed by atoms with Crippen LogP contribution in [0.1, 0.15) is 46.5 Å². The Kier molecular flexibility index (Phi) is 3.53. The fourth-order valence-electron chi connectivity index (χ4n) is 1.86. The first kappa shape index (κ1) is 11.5. The van der Waals surface area contributed by atoms with Crippen LogP contribution in [-0.2, 0) is 4.79 Å². The zero-order valence-electron chi connectivity index (χ0n) is 9.34. The molecule has 0 bridgehead atoms. The van der Waals surface area contributed by atoms with Crippen molar-refractivity contribution < 1.29 is 9.90 Å². The summed E-state index contributed by atoms with van der Waals surface area (Å²) in [6, 6.07) is 0.103. The Labute approximate surface area is 85.9 Å². The molecule has 1 amide bonds. The maximum atomic E-state index is 11.7. The van der Waals surface area contributed by atoms with Crippen LogP contribution in [-0.4, -0.2) is 22.7 Å². The minimum Gasteiger partial charge on any atom is -0.380 e. The second kappa shape index (κ2) is 4.30. The molecule has 82 valence electrons. The Morgan fingerprint density at radius 1 is 1.43 bits per heavy atom. The molecule has 0 aromatic heterocycles. The van der Waals surface area contributed by atoms with E-state index in [2.05, 4.69) is 12.2 Å². The average molecular weight is 199 g/mol. The number of carbonyl (C=O) groups excluding carboxylic acids is 1. The molecule has 0 radical (unpaired) electrons. The maximum absolute atomic E-state index is 11.7. The molecule has 0 aromatic rings. The summed E-state index contributed by atoms with van der Waals surface area (Å²) in [5.41, 5.74) is -1.10. The van der Waals surface area contributed by atoms with Gasteiger partial charge in [-0.1, -0.05) is 6.92 Å². The van der Waals surface area contributed by atoms with Crippen molar-refractivity contribution in [3.63, 3.8) is 0 Å². The first-order valence-electron chi connectivity index (χ1n) is 5.47. The molecule has 0 saturated heterocycles. The number of rotatable bonds is 2. The van der Waals surface area contributed by atoms with Crippen molar-refractivity contribution in [2.75, 3.05) is 0 Å². The lowest BCUT2D eigenvalue weighted by molar-refractivity contribution is -0.144. The van der Waals surface area contributed by atoms with Crippen molar-refractivity contribution in [2.24, 2.45) is 5.92 Å². The van der Waals surface area contributed by atoms with Crippen LogP contribution in [0.3, 0.4) is 0 Å². The van der Waals surface area contributed by atoms with E-state index in [-0.39, 0.29) is 11.9 Å². The normalized spacial score (nSPS) is 33.1. The summed E-state index contributed by atoms with van der Waals surface area (Å²) < 4.78 is 0. The Balaban J connectivity index is 2.52. The quantitative estimate of drug-likeness (QED) is 0.707. The van der Waals surface area contributed by atoms with Gasteiger partial charge in [0.25, 0.3) is 5.91 Å². The minimum absolute atomic E-state index is 0.103. The summed E-state index contributed by atoms with van der Waals surface area (Å²) >= 11 is 0. The number of amides is 1. The highest BCUT2D eigenvalue weighted by Crippen LogP contribution is 2.31. The summed E-state index contributed by atoms with van der Waals surface area (Å²) in [6.45, 7) is 5.99. The van der Waals surface area contributed by atoms with Gasteiger partial charge in [0.1, 0.15) is 5.60 Å². The first-order valence-corrected chi connectivity index (χ1v) is 5.47. The monoisotopic (exact) mass is 199 g/mol. The van der Waals surface area contributed by atoms with Gasteiger partial charge in [-0.25, -0.2) is 0 Å². The van der Waals surface area contributed by atoms with E-state index in [0.717, 1.165) is 12.8 Å². The first-order chi connectivity index (χ1) is 6.44. The summed E-state index contributed by atoms with van der Waals surface area (Å²) in [5.74, 6) is 0.446. The molecule has 0 aliphatic heterocycles. The second-order valence-electron chi connectivity index (χ2n) is 4.84. The molecule has 1 saturated carbocycles. The van der Waals surface area contributed by atoms with E-state index in [4.69, 9.17) is 0 Å². The molecule has 3 nitrogen and oxygen atoms in total. The standard InChI is InChI=1S/C11H21NO2/c1-8(2)12-10(13)11(14)6-4-9(3)5-7-11/h8-9,14H,4-7H2,1-3H3,(H,12,13). The van der Waals surface area contributed by atoms with Crippen LogP contribution in [0.15, 0.2) is 0 Å². The third kappa shape index (κ3) is 2.71. The van der Waals surface area contributed by atoms with Crippen LogP contribution in [0.2, 0.25) is 0 Å². The van der Waals surface area contributed by atoms with Crippen molar-refractivity contribution >= 4 is 5.91 Å². The van der Waals surface area contributed by atoms with Crippen molar-refractivity contribution in [2.45, 2.75) is 58.1 Å². The summed E-state index contributed by atoms with van der Waals surface area (Å²) in [5, 5.41) is 12.9. The van der Waals surface area contributed by atoms with Gasteiger partial charge in [-0.3, -0.25) is 4.79 Å². The highest BCUT2D eigenvalue weighted by atomic mass is 16.3. The lowest BCUT2D eigenvalue weighted by atomic mass is 9.79. The molecule has 1 fully saturated rings. The number of hydrogen-bond donors (Lipinski definition) is 2. The molecule has 14 heavy (non-hydrogen) atoms. The van der Waals surface area contributed by atoms with Crippen LogP contribution >= 0.6 is 0 Å². The smallest absolute Gasteiger partial charge is 0.252 e. The molecular formula is C11H21NO2. The van der Waals surface area contributed by atoms with Gasteiger partial charge < -0.3 is 10.4 Å². The minimum atomic E-state index is -1.10. The lowest BCUT2D eigenvalue weighted by Gasteiger charge is -2.34. The van der Waals surface area contributed by atoms with E-state index in [9.17, 15) is 9.90 Å². The van der Waals surface area contributed by atoms with Crippen LogP contribution in [0.4, 0.5) is 0 Å². The van der Waals surface area contributed by atoms with Gasteiger partial charge in [-0.15, -0.1) is 0 Å². The molecule has 3 heteroatoms. The van der Waals surface area contributed by atoms with E-state index < -0.39 is 5.60 Å². The number of nitrogens with one attached hydrogen (secondary N) is 1. The predicted molar refractivity (Wildman–Crippen MR) is 55.9 cm³/mol. The highest BCUT2D eigenvalue weighted by molar-refractivity contribution is 5.85. The fourth-order valence-corrected chi connectivity index (χ4v) is 1.86.